The van der Waals surface area contributed by atoms with Crippen molar-refractivity contribution in [3.63, 3.8) is 0 Å². The number of carbonyl (C=O) groups is 1. The van der Waals surface area contributed by atoms with Gasteiger partial charge in [0.2, 0.25) is 5.91 Å². The predicted molar refractivity (Wildman–Crippen MR) is 101 cm³/mol. The summed E-state index contributed by atoms with van der Waals surface area (Å²) in [4.78, 5) is 17.0. The van der Waals surface area contributed by atoms with Gasteiger partial charge in [0.25, 0.3) is 0 Å². The van der Waals surface area contributed by atoms with Crippen LogP contribution in [0.1, 0.15) is 37.8 Å². The lowest BCUT2D eigenvalue weighted by atomic mass is 9.75. The van der Waals surface area contributed by atoms with Crippen LogP contribution in [0, 0.1) is 11.8 Å². The number of allylic oxidation sites excluding steroid dienone is 2. The minimum Gasteiger partial charge on any atom is -0.342 e. The number of rotatable bonds is 6. The molecule has 6 heteroatoms. The molecule has 2 bridgehead atoms. The van der Waals surface area contributed by atoms with Crippen molar-refractivity contribution in [2.75, 3.05) is 26.7 Å². The van der Waals surface area contributed by atoms with Crippen molar-refractivity contribution in [3.8, 4) is 0 Å². The van der Waals surface area contributed by atoms with Crippen molar-refractivity contribution in [2.24, 2.45) is 11.8 Å². The second kappa shape index (κ2) is 7.35. The predicted octanol–water partition coefficient (Wildman–Crippen LogP) is 2.20. The fraction of sp³-hybridized carbons (Fsp3) is 0.650. The van der Waals surface area contributed by atoms with Crippen LogP contribution in [0.2, 0.25) is 0 Å². The van der Waals surface area contributed by atoms with E-state index in [9.17, 15) is 4.79 Å². The molecule has 4 atom stereocenters. The van der Waals surface area contributed by atoms with Crippen molar-refractivity contribution in [3.05, 3.63) is 30.6 Å². The van der Waals surface area contributed by atoms with Crippen molar-refractivity contribution >= 4 is 11.5 Å². The van der Waals surface area contributed by atoms with Gasteiger partial charge < -0.3 is 4.90 Å². The zero-order chi connectivity index (χ0) is 18.1. The van der Waals surface area contributed by atoms with Crippen molar-refractivity contribution in [2.45, 2.75) is 44.7 Å². The summed E-state index contributed by atoms with van der Waals surface area (Å²) in [5.74, 6) is 0.902. The number of nitrogens with zero attached hydrogens (tertiary/aromatic N) is 5. The third-order valence-corrected chi connectivity index (χ3v) is 6.28. The van der Waals surface area contributed by atoms with Gasteiger partial charge >= 0.3 is 0 Å². The lowest BCUT2D eigenvalue weighted by Gasteiger charge is -2.49. The highest BCUT2D eigenvalue weighted by Crippen LogP contribution is 2.37. The van der Waals surface area contributed by atoms with E-state index in [1.807, 2.05) is 16.6 Å². The largest absolute Gasteiger partial charge is 0.342 e. The number of fused-ring (bicyclic) bond motifs is 3. The van der Waals surface area contributed by atoms with Crippen LogP contribution in [-0.4, -0.2) is 63.4 Å². The fourth-order valence-corrected chi connectivity index (χ4v) is 4.83. The monoisotopic (exact) mass is 355 g/mol. The van der Waals surface area contributed by atoms with Crippen LogP contribution >= 0.6 is 0 Å². The number of hydrogen-bond acceptors (Lipinski definition) is 4. The van der Waals surface area contributed by atoms with Crippen molar-refractivity contribution < 1.29 is 4.79 Å². The third-order valence-electron chi connectivity index (χ3n) is 6.28. The standard InChI is InChI=1S/C20H29N5O/c1-3-9-23(2)20(26)18-13-24-10-8-16(18)11-17(24)12-25-14-19(21-22-25)15-6-4-5-7-15/h3,6,14,16-18H,1,4-5,7-13H2,2H3/t16-,17+,18-/m0/s1. The molecule has 4 aliphatic rings. The molecule has 3 aliphatic heterocycles. The van der Waals surface area contributed by atoms with Crippen LogP contribution in [0.25, 0.3) is 5.57 Å². The molecule has 5 rings (SSSR count). The Morgan fingerprint density at radius 2 is 2.38 bits per heavy atom. The number of amides is 1. The minimum atomic E-state index is 0.139. The van der Waals surface area contributed by atoms with Crippen LogP contribution in [0.3, 0.4) is 0 Å². The number of hydrogen-bond donors (Lipinski definition) is 0. The van der Waals surface area contributed by atoms with Gasteiger partial charge in [0, 0.05) is 26.2 Å². The van der Waals surface area contributed by atoms with E-state index >= 15 is 0 Å². The highest BCUT2D eigenvalue weighted by Gasteiger charge is 2.44. The molecular formula is C20H29N5O. The molecule has 140 valence electrons. The molecule has 26 heavy (non-hydrogen) atoms. The fourth-order valence-electron chi connectivity index (χ4n) is 4.83. The van der Waals surface area contributed by atoms with Crippen LogP contribution < -0.4 is 0 Å². The van der Waals surface area contributed by atoms with Gasteiger partial charge in [-0.1, -0.05) is 17.4 Å². The summed E-state index contributed by atoms with van der Waals surface area (Å²) in [6.07, 6.45) is 11.9. The number of aromatic nitrogens is 3. The lowest BCUT2D eigenvalue weighted by molar-refractivity contribution is -0.142. The molecule has 1 aromatic rings. The van der Waals surface area contributed by atoms with Crippen LogP contribution in [-0.2, 0) is 11.3 Å². The molecule has 3 fully saturated rings. The zero-order valence-electron chi connectivity index (χ0n) is 15.7. The maximum absolute atomic E-state index is 12.7. The lowest BCUT2D eigenvalue weighted by Crippen LogP contribution is -2.58. The molecule has 1 aromatic heterocycles. The summed E-state index contributed by atoms with van der Waals surface area (Å²) in [6.45, 7) is 7.22. The van der Waals surface area contributed by atoms with E-state index in [1.165, 1.54) is 12.0 Å². The van der Waals surface area contributed by atoms with Crippen molar-refractivity contribution in [1.82, 2.24) is 24.8 Å². The second-order valence-electron chi connectivity index (χ2n) is 7.99. The molecule has 0 N–H and O–H groups in total. The SMILES string of the molecule is C=CCN(C)C(=O)[C@H]1CN2CC[C@H]1C[C@@H]2Cn1cc(C2=CCCC2)nn1. The first kappa shape index (κ1) is 17.5. The smallest absolute Gasteiger partial charge is 0.227 e. The number of likely N-dealkylation sites (N-methyl/N-ethyl adjacent to an activating group) is 1. The maximum atomic E-state index is 12.7. The molecule has 4 heterocycles. The average molecular weight is 355 g/mol. The molecule has 0 radical (unpaired) electrons. The first-order chi connectivity index (χ1) is 12.7. The molecule has 0 spiro atoms. The molecule has 3 saturated heterocycles. The van der Waals surface area contributed by atoms with Gasteiger partial charge in [0.1, 0.15) is 5.69 Å². The van der Waals surface area contributed by atoms with Gasteiger partial charge in [0.15, 0.2) is 0 Å². The normalized spacial score (nSPS) is 30.3. The van der Waals surface area contributed by atoms with Crippen LogP contribution in [0.4, 0.5) is 0 Å². The van der Waals surface area contributed by atoms with E-state index in [4.69, 9.17) is 0 Å². The van der Waals surface area contributed by atoms with Gasteiger partial charge in [0.05, 0.1) is 18.7 Å². The molecule has 1 amide bonds. The van der Waals surface area contributed by atoms with E-state index in [-0.39, 0.29) is 11.8 Å². The summed E-state index contributed by atoms with van der Waals surface area (Å²) in [7, 11) is 1.88. The third kappa shape index (κ3) is 3.34. The Hall–Kier alpha value is -1.95. The molecule has 0 aromatic carbocycles. The molecule has 6 nitrogen and oxygen atoms in total. The molecule has 0 saturated carbocycles. The highest BCUT2D eigenvalue weighted by atomic mass is 16.2. The molecule has 1 unspecified atom stereocenters. The van der Waals surface area contributed by atoms with E-state index in [1.54, 1.807) is 6.08 Å². The summed E-state index contributed by atoms with van der Waals surface area (Å²) < 4.78 is 2.00. The van der Waals surface area contributed by atoms with E-state index < -0.39 is 0 Å². The quantitative estimate of drug-likeness (QED) is 0.734. The summed E-state index contributed by atoms with van der Waals surface area (Å²) >= 11 is 0. The average Bonchev–Trinajstić information content (AvgIpc) is 3.33. The Kier molecular flexibility index (Phi) is 4.94. The highest BCUT2D eigenvalue weighted by molar-refractivity contribution is 5.79. The molecule has 1 aliphatic carbocycles. The first-order valence-corrected chi connectivity index (χ1v) is 9.85. The number of piperidine rings is 3. The van der Waals surface area contributed by atoms with Crippen molar-refractivity contribution in [1.29, 1.82) is 0 Å². The molecular weight excluding hydrogens is 326 g/mol. The van der Waals surface area contributed by atoms with Gasteiger partial charge in [-0.3, -0.25) is 14.4 Å². The van der Waals surface area contributed by atoms with E-state index in [2.05, 4.69) is 34.1 Å². The Labute approximate surface area is 155 Å². The second-order valence-corrected chi connectivity index (χ2v) is 7.99. The van der Waals surface area contributed by atoms with Gasteiger partial charge in [-0.2, -0.15) is 0 Å². The van der Waals surface area contributed by atoms with Gasteiger partial charge in [-0.15, -0.1) is 11.7 Å². The Morgan fingerprint density at radius 3 is 3.08 bits per heavy atom. The number of carbonyl (C=O) groups excluding carboxylic acids is 1. The van der Waals surface area contributed by atoms with Crippen LogP contribution in [0.5, 0.6) is 0 Å². The topological polar surface area (TPSA) is 54.3 Å². The zero-order valence-corrected chi connectivity index (χ0v) is 15.7. The van der Waals surface area contributed by atoms with Crippen LogP contribution in [0.15, 0.2) is 24.9 Å². The Bertz CT molecular complexity index is 709. The van der Waals surface area contributed by atoms with E-state index in [0.717, 1.165) is 51.0 Å². The summed E-state index contributed by atoms with van der Waals surface area (Å²) in [6, 6.07) is 0.467. The van der Waals surface area contributed by atoms with E-state index in [0.29, 0.717) is 18.5 Å². The first-order valence-electron chi connectivity index (χ1n) is 9.85. The van der Waals surface area contributed by atoms with Gasteiger partial charge in [-0.05, 0) is 50.1 Å². The Morgan fingerprint density at radius 1 is 1.50 bits per heavy atom. The van der Waals surface area contributed by atoms with Gasteiger partial charge in [-0.25, -0.2) is 0 Å². The maximum Gasteiger partial charge on any atom is 0.227 e. The minimum absolute atomic E-state index is 0.139. The summed E-state index contributed by atoms with van der Waals surface area (Å²) in [5.41, 5.74) is 2.38. The summed E-state index contributed by atoms with van der Waals surface area (Å²) in [5, 5.41) is 8.73. The Balaban J connectivity index is 1.39.